The Morgan fingerprint density at radius 3 is 0.623 bits per heavy atom. The summed E-state index contributed by atoms with van der Waals surface area (Å²) in [5.41, 5.74) is -30.2. The summed E-state index contributed by atoms with van der Waals surface area (Å²) in [6.45, 7) is 22.6. The van der Waals surface area contributed by atoms with E-state index in [1.807, 2.05) is 0 Å². The van der Waals surface area contributed by atoms with Crippen molar-refractivity contribution in [3.8, 4) is 5.75 Å². The zero-order chi connectivity index (χ0) is 104. The van der Waals surface area contributed by atoms with Crippen LogP contribution in [0.1, 0.15) is 317 Å². The number of halogens is 25. The highest BCUT2D eigenvalue weighted by Gasteiger charge is 2.57. The number of alkyl halides is 24. The molecular weight excluding hydrogens is 2030 g/mol. The molecule has 138 heavy (non-hydrogen) atoms. The van der Waals surface area contributed by atoms with E-state index in [9.17, 15) is 105 Å². The predicted octanol–water partition coefficient (Wildman–Crippen LogP) is 26.6. The van der Waals surface area contributed by atoms with Gasteiger partial charge in [0.15, 0.2) is 7.14 Å². The first-order valence-electron chi connectivity index (χ1n) is 48.2. The molecule has 0 atom stereocenters. The Balaban J connectivity index is 0.000000516. The standard InChI is InChI=1S/C69H120IO7Si4.C32H12BF24/c1-12-18-24-30-39-47-63(71)80(64(72)48-40-31-25-19-13-2,65(73)49-41-32-26-20-14-3)55-53-78(8,9)61-57-60(70-59-45-37-36-38-46-59)58-62(69(61)77-7)79(10,11)54-56-81(66(74)50-42-33-27-21-15-4,67(75)51-43-34-28-22-16-5)68(76)52-44-35-29-23-17-6;34-25(35,36)13-1-14(26(37,38)39)6-21(5-13)33(22-7-15(27(40,41)42)2-16(8-22)28(43,44)45,23-9-17(29(46,47)48)3-18(10-23)30(49,50)51)24-11-19(31(52,53)54)4-20(12-24)32(55,56)57/h36-38,45-46,57-58H,12-35,39-44,47-56H2,1-11H3;1-12H/q+1;-1. The van der Waals surface area contributed by atoms with Crippen LogP contribution in [0.15, 0.2) is 115 Å². The highest BCUT2D eigenvalue weighted by molar-refractivity contribution is 7.41. The van der Waals surface area contributed by atoms with Crippen LogP contribution < -0.4 is 58.2 Å². The van der Waals surface area contributed by atoms with Crippen LogP contribution in [0, 0.1) is 7.14 Å². The van der Waals surface area contributed by atoms with E-state index in [0.717, 1.165) is 198 Å². The Hall–Kier alpha value is -6.88. The monoisotopic (exact) mass is 2160 g/mol. The maximum Gasteiger partial charge on any atom is 0.416 e. The van der Waals surface area contributed by atoms with E-state index in [0.29, 0.717) is 62.7 Å². The van der Waals surface area contributed by atoms with Crippen LogP contribution in [0.25, 0.3) is 0 Å². The Labute approximate surface area is 810 Å². The van der Waals surface area contributed by atoms with Crippen molar-refractivity contribution >= 4 is 103 Å². The molecule has 6 rings (SSSR count). The zero-order valence-electron chi connectivity index (χ0n) is 80.6. The topological polar surface area (TPSA) is 112 Å². The summed E-state index contributed by atoms with van der Waals surface area (Å²) in [6.07, 6.45) is -23.2. The van der Waals surface area contributed by atoms with E-state index in [-0.39, 0.29) is 32.4 Å². The van der Waals surface area contributed by atoms with Gasteiger partial charge in [0, 0.05) is 38.5 Å². The van der Waals surface area contributed by atoms with Gasteiger partial charge in [0.2, 0.25) is 0 Å². The van der Waals surface area contributed by atoms with Gasteiger partial charge in [-0.3, -0.25) is 0 Å². The number of hydrogen-bond donors (Lipinski definition) is 0. The van der Waals surface area contributed by atoms with Gasteiger partial charge in [-0.2, -0.15) is 127 Å². The smallest absolute Gasteiger partial charge is 0.416 e. The molecule has 0 radical (unpaired) electrons. The fraction of sp³-hybridized carbons (Fsp3) is 0.584. The molecule has 0 saturated carbocycles. The summed E-state index contributed by atoms with van der Waals surface area (Å²) in [6, 6.07) is 8.68. The number of ether oxygens (including phenoxy) is 1. The molecule has 7 nitrogen and oxygen atoms in total. The number of hydrogen-bond acceptors (Lipinski definition) is 7. The lowest BCUT2D eigenvalue weighted by Crippen LogP contribution is -3.61. The van der Waals surface area contributed by atoms with Crippen LogP contribution in [-0.2, 0) is 78.2 Å². The molecular formula is C101H132BF24IO7Si4. The third kappa shape index (κ3) is 34.7. The van der Waals surface area contributed by atoms with Gasteiger partial charge in [-0.25, -0.2) is 0 Å². The SMILES string of the molecule is CCCCCCCC(=O)[Si](CC[Si](C)(C)c1cc([I+]c2ccccc2)cc([Si](C)(C)CC[Si](C(=O)CCCCCCC)(C(=O)CCCCCCC)C(=O)CCCCCCC)c1OC)(C(=O)CCCCCCC)C(=O)CCCCCCC.FC(F)(F)c1cc([B-](c2cc(C(F)(F)F)cc(C(F)(F)F)c2)(c2cc(C(F)(F)F)cc(C(F)(F)F)c2)c2cc(C(F)(F)F)cc(C(F)(F)F)c2)cc(C(F)(F)F)c1. The van der Waals surface area contributed by atoms with E-state index in [1.165, 1.54) is 17.5 Å². The van der Waals surface area contributed by atoms with Crippen molar-refractivity contribution in [2.45, 2.75) is 372 Å². The van der Waals surface area contributed by atoms with E-state index < -0.39 is 248 Å². The maximum atomic E-state index is 15.2. The molecule has 0 heterocycles. The van der Waals surface area contributed by atoms with Crippen molar-refractivity contribution in [2.24, 2.45) is 0 Å². The molecule has 0 aliphatic rings. The van der Waals surface area contributed by atoms with Gasteiger partial charge < -0.3 is 33.5 Å². The van der Waals surface area contributed by atoms with E-state index in [1.54, 1.807) is 7.11 Å². The Kier molecular flexibility index (Phi) is 47.3. The quantitative estimate of drug-likeness (QED) is 0.0162. The van der Waals surface area contributed by atoms with Crippen molar-refractivity contribution in [1.82, 2.24) is 0 Å². The molecule has 0 unspecified atom stereocenters. The molecule has 0 aromatic heterocycles. The van der Waals surface area contributed by atoms with Crippen molar-refractivity contribution in [2.75, 3.05) is 7.11 Å². The molecule has 0 saturated heterocycles. The van der Waals surface area contributed by atoms with Crippen molar-refractivity contribution in [3.05, 3.63) is 167 Å². The van der Waals surface area contributed by atoms with Gasteiger partial charge in [-0.15, -0.1) is 0 Å². The third-order valence-electron chi connectivity index (χ3n) is 26.3. The largest absolute Gasteiger partial charge is 0.497 e. The van der Waals surface area contributed by atoms with E-state index in [4.69, 9.17) is 4.74 Å². The Bertz CT molecular complexity index is 4210. The summed E-state index contributed by atoms with van der Waals surface area (Å²) >= 11 is -0.640. The van der Waals surface area contributed by atoms with Crippen molar-refractivity contribution in [3.63, 3.8) is 0 Å². The van der Waals surface area contributed by atoms with Crippen LogP contribution in [0.3, 0.4) is 0 Å². The van der Waals surface area contributed by atoms with Gasteiger partial charge >= 0.3 is 70.6 Å². The molecule has 0 N–H and O–H groups in total. The molecule has 0 amide bonds. The number of carbonyl (C=O) groups excluding carboxylic acids is 6. The van der Waals surface area contributed by atoms with Crippen molar-refractivity contribution in [1.29, 1.82) is 0 Å². The van der Waals surface area contributed by atoms with Gasteiger partial charge in [-0.05, 0) is 110 Å². The first-order chi connectivity index (χ1) is 64.2. The lowest BCUT2D eigenvalue weighted by Gasteiger charge is -2.46. The molecule has 0 spiro atoms. The Morgan fingerprint density at radius 2 is 0.449 bits per heavy atom. The minimum Gasteiger partial charge on any atom is -0.497 e. The molecule has 6 aromatic carbocycles. The van der Waals surface area contributed by atoms with Gasteiger partial charge in [-0.1, -0.05) is 301 Å². The lowest BCUT2D eigenvalue weighted by molar-refractivity contribution is -0.597. The first-order valence-corrected chi connectivity index (χ1v) is 61.2. The second-order valence-corrected chi connectivity index (χ2v) is 58.4. The number of methoxy groups -OCH3 is 1. The molecule has 0 aliphatic heterocycles. The van der Waals surface area contributed by atoms with E-state index in [2.05, 4.69) is 110 Å². The first kappa shape index (κ1) is 122. The third-order valence-corrected chi connectivity index (χ3v) is 45.7. The Morgan fingerprint density at radius 1 is 0.261 bits per heavy atom. The number of unbranched alkanes of at least 4 members (excludes halogenated alkanes) is 24. The second kappa shape index (κ2) is 53.6. The number of rotatable bonds is 57. The van der Waals surface area contributed by atoms with Gasteiger partial charge in [0.05, 0.1) is 67.8 Å². The van der Waals surface area contributed by atoms with Crippen molar-refractivity contribution < 1.29 is 160 Å². The second-order valence-electron chi connectivity index (χ2n) is 37.7. The molecule has 0 bridgehead atoms. The molecule has 772 valence electrons. The fourth-order valence-corrected chi connectivity index (χ4v) is 39.8. The molecule has 6 aromatic rings. The van der Waals surface area contributed by atoms with Gasteiger partial charge in [0.25, 0.3) is 16.1 Å². The summed E-state index contributed by atoms with van der Waals surface area (Å²) in [5, 5.41) is 2.25. The minimum atomic E-state index is -6.13. The van der Waals surface area contributed by atoms with Crippen LogP contribution in [0.5, 0.6) is 5.75 Å². The highest BCUT2D eigenvalue weighted by Crippen LogP contribution is 2.44. The number of carbonyl (C=O) groups is 6. The van der Waals surface area contributed by atoms with Crippen LogP contribution in [0.2, 0.25) is 50.4 Å². The average molecular weight is 2160 g/mol. The van der Waals surface area contributed by atoms with Crippen LogP contribution in [-0.4, -0.2) is 78.0 Å². The highest BCUT2D eigenvalue weighted by atomic mass is 127. The maximum absolute atomic E-state index is 15.2. The predicted molar refractivity (Wildman–Crippen MR) is 502 cm³/mol. The summed E-state index contributed by atoms with van der Waals surface area (Å²) in [5.74, 6) is 0.863. The molecule has 0 aliphatic carbocycles. The average Bonchev–Trinajstić information content (AvgIpc) is 0.704. The van der Waals surface area contributed by atoms with Gasteiger partial charge in [0.1, 0.15) is 44.3 Å². The molecule has 37 heteroatoms. The summed E-state index contributed by atoms with van der Waals surface area (Å²) < 4.78 is 350. The summed E-state index contributed by atoms with van der Waals surface area (Å²) in [7, 11) is -11.2. The van der Waals surface area contributed by atoms with Crippen LogP contribution in [0.4, 0.5) is 105 Å². The van der Waals surface area contributed by atoms with E-state index >= 15 is 28.8 Å². The van der Waals surface area contributed by atoms with Crippen LogP contribution >= 0.6 is 0 Å². The molecule has 0 fully saturated rings. The normalized spacial score (nSPS) is 13.1. The minimum absolute atomic E-state index is 0.0139. The zero-order valence-corrected chi connectivity index (χ0v) is 86.8. The number of benzene rings is 6. The fourth-order valence-electron chi connectivity index (χ4n) is 18.2. The lowest BCUT2D eigenvalue weighted by atomic mass is 9.12. The summed E-state index contributed by atoms with van der Waals surface area (Å²) in [4.78, 5) is 91.3.